The average molecular weight is 583 g/mol. The van der Waals surface area contributed by atoms with Crippen LogP contribution in [0.25, 0.3) is 22.2 Å². The van der Waals surface area contributed by atoms with E-state index in [1.165, 1.54) is 24.8 Å². The van der Waals surface area contributed by atoms with Crippen LogP contribution >= 0.6 is 0 Å². The van der Waals surface area contributed by atoms with Crippen molar-refractivity contribution >= 4 is 16.9 Å². The summed E-state index contributed by atoms with van der Waals surface area (Å²) in [5.74, 6) is 0.202. The van der Waals surface area contributed by atoms with Gasteiger partial charge >= 0.3 is 5.97 Å². The topological polar surface area (TPSA) is 91.1 Å². The summed E-state index contributed by atoms with van der Waals surface area (Å²) in [6.45, 7) is 7.43. The largest absolute Gasteiger partial charge is 0.487 e. The highest BCUT2D eigenvalue weighted by atomic mass is 16.5. The first-order valence-corrected chi connectivity index (χ1v) is 15.7. The van der Waals surface area contributed by atoms with Gasteiger partial charge in [-0.2, -0.15) is 0 Å². The van der Waals surface area contributed by atoms with E-state index in [1.807, 2.05) is 36.4 Å². The third-order valence-electron chi connectivity index (χ3n) is 9.23. The molecular formula is C35H42N4O4. The maximum Gasteiger partial charge on any atom is 0.335 e. The minimum Gasteiger partial charge on any atom is -0.487 e. The quantitative estimate of drug-likeness (QED) is 0.238. The minimum absolute atomic E-state index is 0.261. The van der Waals surface area contributed by atoms with Crippen molar-refractivity contribution in [3.05, 3.63) is 83.7 Å². The molecule has 2 fully saturated rings. The van der Waals surface area contributed by atoms with Crippen molar-refractivity contribution in [3.63, 3.8) is 0 Å². The molecule has 2 aromatic heterocycles. The molecule has 0 amide bonds. The molecule has 0 bridgehead atoms. The first-order chi connectivity index (χ1) is 21.0. The number of carboxylic acid groups (broad SMARTS) is 1. The Bertz CT molecular complexity index is 1520. The van der Waals surface area contributed by atoms with Gasteiger partial charge in [0.25, 0.3) is 0 Å². The summed E-state index contributed by atoms with van der Waals surface area (Å²) in [6, 6.07) is 19.5. The molecule has 6 rings (SSSR count). The minimum atomic E-state index is -0.943. The highest BCUT2D eigenvalue weighted by molar-refractivity contribution is 5.98. The molecule has 1 saturated carbocycles. The van der Waals surface area contributed by atoms with Gasteiger partial charge in [0, 0.05) is 43.3 Å². The third-order valence-corrected chi connectivity index (χ3v) is 9.23. The van der Waals surface area contributed by atoms with Crippen molar-refractivity contribution < 1.29 is 19.7 Å². The Balaban J connectivity index is 1.41. The number of benzene rings is 2. The van der Waals surface area contributed by atoms with Gasteiger partial charge in [0.05, 0.1) is 23.5 Å². The number of aliphatic hydroxyl groups excluding tert-OH is 1. The van der Waals surface area contributed by atoms with Crippen LogP contribution in [-0.4, -0.2) is 74.5 Å². The van der Waals surface area contributed by atoms with Crippen molar-refractivity contribution in [1.82, 2.24) is 19.4 Å². The summed E-state index contributed by atoms with van der Waals surface area (Å²) >= 11 is 0. The first kappa shape index (κ1) is 29.4. The fraction of sp³-hybridized carbons (Fsp3) is 0.429. The van der Waals surface area contributed by atoms with Crippen molar-refractivity contribution in [2.75, 3.05) is 32.7 Å². The second kappa shape index (κ2) is 13.3. The van der Waals surface area contributed by atoms with Gasteiger partial charge in [0.2, 0.25) is 0 Å². The molecule has 1 unspecified atom stereocenters. The normalized spacial score (nSPS) is 17.7. The van der Waals surface area contributed by atoms with Gasteiger partial charge in [0.1, 0.15) is 18.6 Å². The summed E-state index contributed by atoms with van der Waals surface area (Å²) < 4.78 is 8.22. The number of rotatable bonds is 10. The van der Waals surface area contributed by atoms with E-state index in [4.69, 9.17) is 4.74 Å². The van der Waals surface area contributed by atoms with E-state index >= 15 is 0 Å². The second-order valence-electron chi connectivity index (χ2n) is 11.8. The Morgan fingerprint density at radius 1 is 1.00 bits per heavy atom. The molecule has 2 aliphatic rings. The number of carbonyl (C=O) groups is 1. The number of pyridine rings is 1. The maximum atomic E-state index is 12.1. The predicted octanol–water partition coefficient (Wildman–Crippen LogP) is 5.98. The summed E-state index contributed by atoms with van der Waals surface area (Å²) in [7, 11) is 0. The molecule has 2 N–H and O–H groups in total. The molecule has 43 heavy (non-hydrogen) atoms. The summed E-state index contributed by atoms with van der Waals surface area (Å²) in [5.41, 5.74) is 5.40. The highest BCUT2D eigenvalue weighted by Gasteiger charge is 2.29. The van der Waals surface area contributed by atoms with Crippen LogP contribution in [0.1, 0.15) is 66.6 Å². The van der Waals surface area contributed by atoms with Crippen molar-refractivity contribution in [3.8, 4) is 17.0 Å². The number of aromatic carboxylic acids is 1. The average Bonchev–Trinajstić information content (AvgIpc) is 3.38. The number of likely N-dealkylation sites (N-methyl/N-ethyl adjacent to an activating group) is 1. The van der Waals surface area contributed by atoms with Crippen LogP contribution in [-0.2, 0) is 13.2 Å². The predicted molar refractivity (Wildman–Crippen MR) is 168 cm³/mol. The van der Waals surface area contributed by atoms with E-state index in [9.17, 15) is 15.0 Å². The zero-order chi connectivity index (χ0) is 29.8. The zero-order valence-electron chi connectivity index (χ0n) is 25.0. The van der Waals surface area contributed by atoms with E-state index in [0.29, 0.717) is 19.1 Å². The Labute approximate surface area is 253 Å². The lowest BCUT2D eigenvalue weighted by molar-refractivity contribution is -0.0331. The summed E-state index contributed by atoms with van der Waals surface area (Å²) in [4.78, 5) is 21.0. The van der Waals surface area contributed by atoms with E-state index in [0.717, 1.165) is 79.2 Å². The van der Waals surface area contributed by atoms with Gasteiger partial charge in [0.15, 0.2) is 0 Å². The van der Waals surface area contributed by atoms with Gasteiger partial charge in [-0.3, -0.25) is 9.88 Å². The standard InChI is InChI=1S/C35H42N4O4/c1-2-37-18-20-38(21-19-37)32(40)23-39-31-22-27(35(41)42)13-16-30(31)33(25-8-4-3-5-9-25)34(39)26-11-14-29(15-12-26)43-24-28-10-6-7-17-36-28/h6-7,10-17,22,25,32,40H,2-5,8-9,18-21,23-24H2,1H3,(H,41,42). The van der Waals surface area contributed by atoms with E-state index < -0.39 is 12.2 Å². The van der Waals surface area contributed by atoms with Crippen LogP contribution in [0.2, 0.25) is 0 Å². The van der Waals surface area contributed by atoms with E-state index in [-0.39, 0.29) is 5.56 Å². The van der Waals surface area contributed by atoms with Gasteiger partial charge in [-0.1, -0.05) is 38.3 Å². The van der Waals surface area contributed by atoms with Gasteiger partial charge in [-0.25, -0.2) is 4.79 Å². The number of aliphatic hydroxyl groups is 1. The highest BCUT2D eigenvalue weighted by Crippen LogP contribution is 2.44. The van der Waals surface area contributed by atoms with Crippen molar-refractivity contribution in [1.29, 1.82) is 0 Å². The van der Waals surface area contributed by atoms with Crippen molar-refractivity contribution in [2.45, 2.75) is 64.3 Å². The molecule has 0 spiro atoms. The SMILES string of the molecule is CCN1CCN(C(O)Cn2c(-c3ccc(OCc4ccccn4)cc3)c(C3CCCCC3)c3ccc(C(=O)O)cc32)CC1. The zero-order valence-corrected chi connectivity index (χ0v) is 25.0. The Morgan fingerprint density at radius 3 is 2.44 bits per heavy atom. The second-order valence-corrected chi connectivity index (χ2v) is 11.8. The molecule has 3 heterocycles. The number of hydrogen-bond acceptors (Lipinski definition) is 6. The Kier molecular flexibility index (Phi) is 9.07. The lowest BCUT2D eigenvalue weighted by atomic mass is 9.81. The Morgan fingerprint density at radius 2 is 1.77 bits per heavy atom. The van der Waals surface area contributed by atoms with Crippen LogP contribution in [0.4, 0.5) is 0 Å². The van der Waals surface area contributed by atoms with E-state index in [1.54, 1.807) is 18.3 Å². The lowest BCUT2D eigenvalue weighted by Crippen LogP contribution is -2.51. The molecule has 1 atom stereocenters. The third kappa shape index (κ3) is 6.47. The molecule has 1 saturated heterocycles. The fourth-order valence-electron chi connectivity index (χ4n) is 6.82. The molecule has 8 nitrogen and oxygen atoms in total. The molecule has 8 heteroatoms. The van der Waals surface area contributed by atoms with Crippen LogP contribution in [0.3, 0.4) is 0 Å². The van der Waals surface area contributed by atoms with Crippen LogP contribution in [0.5, 0.6) is 5.75 Å². The molecule has 1 aliphatic carbocycles. The number of fused-ring (bicyclic) bond motifs is 1. The molecule has 1 aliphatic heterocycles. The molecule has 226 valence electrons. The van der Waals surface area contributed by atoms with E-state index in [2.05, 4.69) is 38.4 Å². The maximum absolute atomic E-state index is 12.1. The lowest BCUT2D eigenvalue weighted by Gasteiger charge is -2.37. The molecular weight excluding hydrogens is 540 g/mol. The Hall–Kier alpha value is -3.72. The molecule has 4 aromatic rings. The van der Waals surface area contributed by atoms with Crippen LogP contribution < -0.4 is 4.74 Å². The van der Waals surface area contributed by atoms with Crippen molar-refractivity contribution in [2.24, 2.45) is 0 Å². The van der Waals surface area contributed by atoms with Crippen LogP contribution in [0, 0.1) is 0 Å². The van der Waals surface area contributed by atoms with Gasteiger partial charge < -0.3 is 24.4 Å². The molecule has 2 aromatic carbocycles. The fourth-order valence-corrected chi connectivity index (χ4v) is 6.82. The first-order valence-electron chi connectivity index (χ1n) is 15.7. The number of carboxylic acids is 1. The summed E-state index contributed by atoms with van der Waals surface area (Å²) in [5, 5.41) is 22.6. The van der Waals surface area contributed by atoms with Crippen LogP contribution in [0.15, 0.2) is 66.9 Å². The smallest absolute Gasteiger partial charge is 0.335 e. The van der Waals surface area contributed by atoms with Gasteiger partial charge in [-0.05, 0) is 85.0 Å². The number of ether oxygens (including phenoxy) is 1. The van der Waals surface area contributed by atoms with Gasteiger partial charge in [-0.15, -0.1) is 0 Å². The summed E-state index contributed by atoms with van der Waals surface area (Å²) in [6.07, 6.45) is 6.93. The number of aromatic nitrogens is 2. The number of nitrogens with zero attached hydrogens (tertiary/aromatic N) is 4. The number of hydrogen-bond donors (Lipinski definition) is 2. The molecule has 0 radical (unpaired) electrons. The monoisotopic (exact) mass is 582 g/mol. The number of piperazine rings is 1.